The Balaban J connectivity index is 1.99. The van der Waals surface area contributed by atoms with Gasteiger partial charge in [-0.3, -0.25) is 4.79 Å². The number of aromatic amines is 1. The average Bonchev–Trinajstić information content (AvgIpc) is 2.74. The van der Waals surface area contributed by atoms with Crippen molar-refractivity contribution in [2.75, 3.05) is 18.6 Å². The van der Waals surface area contributed by atoms with Gasteiger partial charge in [0.15, 0.2) is 0 Å². The fourth-order valence-corrected chi connectivity index (χ4v) is 1.59. The highest BCUT2D eigenvalue weighted by Crippen LogP contribution is 1.96. The average molecular weight is 227 g/mol. The van der Waals surface area contributed by atoms with Gasteiger partial charge in [0, 0.05) is 37.5 Å². The number of H-pyrrole nitrogens is 1. The standard InChI is InChI=1S/C10H17N3OS/c1-15-8-4-10(14)13-5-2-3-9-11-6-7-12-9/h6-7H,2-5,8H2,1H3,(H,11,12)(H,13,14). The van der Waals surface area contributed by atoms with Crippen LogP contribution in [0.5, 0.6) is 0 Å². The molecule has 1 aromatic rings. The molecule has 5 heteroatoms. The highest BCUT2D eigenvalue weighted by atomic mass is 32.2. The molecule has 0 aliphatic rings. The fourth-order valence-electron chi connectivity index (χ4n) is 1.20. The summed E-state index contributed by atoms with van der Waals surface area (Å²) in [5, 5.41) is 2.89. The van der Waals surface area contributed by atoms with E-state index in [1.54, 1.807) is 18.0 Å². The molecular formula is C10H17N3OS. The van der Waals surface area contributed by atoms with E-state index in [9.17, 15) is 4.79 Å². The molecule has 1 rings (SSSR count). The molecular weight excluding hydrogens is 210 g/mol. The Morgan fingerprint density at radius 3 is 3.20 bits per heavy atom. The normalized spacial score (nSPS) is 10.2. The number of aryl methyl sites for hydroxylation is 1. The van der Waals surface area contributed by atoms with Crippen molar-refractivity contribution in [2.24, 2.45) is 0 Å². The lowest BCUT2D eigenvalue weighted by atomic mass is 10.3. The third-order valence-corrected chi connectivity index (χ3v) is 2.61. The number of carbonyl (C=O) groups excluding carboxylic acids is 1. The van der Waals surface area contributed by atoms with Crippen LogP contribution in [0, 0.1) is 0 Å². The van der Waals surface area contributed by atoms with Gasteiger partial charge in [0.25, 0.3) is 0 Å². The fraction of sp³-hybridized carbons (Fsp3) is 0.600. The van der Waals surface area contributed by atoms with E-state index < -0.39 is 0 Å². The minimum Gasteiger partial charge on any atom is -0.356 e. The Bertz CT molecular complexity index is 274. The summed E-state index contributed by atoms with van der Waals surface area (Å²) >= 11 is 1.69. The van der Waals surface area contributed by atoms with E-state index >= 15 is 0 Å². The molecule has 1 heterocycles. The quantitative estimate of drug-likeness (QED) is 0.688. The van der Waals surface area contributed by atoms with Crippen LogP contribution in [0.15, 0.2) is 12.4 Å². The number of rotatable bonds is 7. The summed E-state index contributed by atoms with van der Waals surface area (Å²) in [5.41, 5.74) is 0. The van der Waals surface area contributed by atoms with Crippen LogP contribution in [0.3, 0.4) is 0 Å². The second-order valence-electron chi connectivity index (χ2n) is 3.23. The monoisotopic (exact) mass is 227 g/mol. The molecule has 0 bridgehead atoms. The van der Waals surface area contributed by atoms with Crippen molar-refractivity contribution in [2.45, 2.75) is 19.3 Å². The first-order chi connectivity index (χ1) is 7.33. The zero-order valence-corrected chi connectivity index (χ0v) is 9.77. The van der Waals surface area contributed by atoms with Gasteiger partial charge < -0.3 is 10.3 Å². The number of aromatic nitrogens is 2. The first-order valence-corrected chi connectivity index (χ1v) is 6.46. The third kappa shape index (κ3) is 5.47. The molecule has 0 aliphatic heterocycles. The van der Waals surface area contributed by atoms with Gasteiger partial charge in [-0.1, -0.05) is 0 Å². The summed E-state index contributed by atoms with van der Waals surface area (Å²) in [6.45, 7) is 0.730. The highest BCUT2D eigenvalue weighted by molar-refractivity contribution is 7.98. The zero-order valence-electron chi connectivity index (χ0n) is 8.95. The number of hydrogen-bond donors (Lipinski definition) is 2. The highest BCUT2D eigenvalue weighted by Gasteiger charge is 1.99. The van der Waals surface area contributed by atoms with Gasteiger partial charge in [-0.05, 0) is 12.7 Å². The summed E-state index contributed by atoms with van der Waals surface area (Å²) in [7, 11) is 0. The molecule has 1 amide bonds. The van der Waals surface area contributed by atoms with E-state index in [4.69, 9.17) is 0 Å². The molecule has 0 radical (unpaired) electrons. The Hall–Kier alpha value is -0.970. The number of amides is 1. The number of imidazole rings is 1. The van der Waals surface area contributed by atoms with Gasteiger partial charge >= 0.3 is 0 Å². The molecule has 84 valence electrons. The number of nitrogens with zero attached hydrogens (tertiary/aromatic N) is 1. The molecule has 15 heavy (non-hydrogen) atoms. The predicted molar refractivity (Wildman–Crippen MR) is 62.9 cm³/mol. The Kier molecular flexibility index (Phi) is 5.92. The van der Waals surface area contributed by atoms with Crippen LogP contribution in [0.2, 0.25) is 0 Å². The van der Waals surface area contributed by atoms with E-state index in [1.165, 1.54) is 0 Å². The predicted octanol–water partition coefficient (Wildman–Crippen LogP) is 1.21. The topological polar surface area (TPSA) is 57.8 Å². The van der Waals surface area contributed by atoms with Crippen LogP contribution in [0.1, 0.15) is 18.7 Å². The Morgan fingerprint density at radius 2 is 2.53 bits per heavy atom. The number of nitrogens with one attached hydrogen (secondary N) is 2. The minimum atomic E-state index is 0.142. The molecule has 4 nitrogen and oxygen atoms in total. The largest absolute Gasteiger partial charge is 0.356 e. The van der Waals surface area contributed by atoms with Crippen LogP contribution in [-0.4, -0.2) is 34.4 Å². The molecule has 0 atom stereocenters. The summed E-state index contributed by atoms with van der Waals surface area (Å²) in [4.78, 5) is 18.4. The second-order valence-corrected chi connectivity index (χ2v) is 4.22. The van der Waals surface area contributed by atoms with Crippen LogP contribution in [-0.2, 0) is 11.2 Å². The molecule has 0 aromatic carbocycles. The van der Waals surface area contributed by atoms with E-state index in [-0.39, 0.29) is 5.91 Å². The van der Waals surface area contributed by atoms with Crippen LogP contribution in [0.4, 0.5) is 0 Å². The molecule has 0 aliphatic carbocycles. The van der Waals surface area contributed by atoms with Crippen LogP contribution >= 0.6 is 11.8 Å². The van der Waals surface area contributed by atoms with Crippen molar-refractivity contribution < 1.29 is 4.79 Å². The Labute approximate surface area is 94.2 Å². The van der Waals surface area contributed by atoms with Gasteiger partial charge in [-0.2, -0.15) is 11.8 Å². The molecule has 0 spiro atoms. The number of thioether (sulfide) groups is 1. The van der Waals surface area contributed by atoms with Crippen molar-refractivity contribution >= 4 is 17.7 Å². The maximum atomic E-state index is 11.2. The minimum absolute atomic E-state index is 0.142. The van der Waals surface area contributed by atoms with Gasteiger partial charge in [0.1, 0.15) is 5.82 Å². The molecule has 1 aromatic heterocycles. The lowest BCUT2D eigenvalue weighted by Crippen LogP contribution is -2.25. The molecule has 0 unspecified atom stereocenters. The first kappa shape index (κ1) is 12.1. The van der Waals surface area contributed by atoms with Crippen LogP contribution < -0.4 is 5.32 Å². The molecule has 0 fully saturated rings. The maximum absolute atomic E-state index is 11.2. The van der Waals surface area contributed by atoms with Crippen molar-refractivity contribution in [1.29, 1.82) is 0 Å². The SMILES string of the molecule is CSCCC(=O)NCCCc1ncc[nH]1. The van der Waals surface area contributed by atoms with Gasteiger partial charge in [0.2, 0.25) is 5.91 Å². The van der Waals surface area contributed by atoms with Crippen molar-refractivity contribution in [3.05, 3.63) is 18.2 Å². The first-order valence-electron chi connectivity index (χ1n) is 5.07. The smallest absolute Gasteiger partial charge is 0.220 e. The van der Waals surface area contributed by atoms with Gasteiger partial charge in [-0.25, -0.2) is 4.98 Å². The molecule has 0 saturated carbocycles. The van der Waals surface area contributed by atoms with Crippen LogP contribution in [0.25, 0.3) is 0 Å². The zero-order chi connectivity index (χ0) is 10.9. The summed E-state index contributed by atoms with van der Waals surface area (Å²) in [6.07, 6.45) is 7.99. The second kappa shape index (κ2) is 7.34. The Morgan fingerprint density at radius 1 is 1.67 bits per heavy atom. The van der Waals surface area contributed by atoms with E-state index in [0.717, 1.165) is 31.0 Å². The molecule has 2 N–H and O–H groups in total. The van der Waals surface area contributed by atoms with Crippen molar-refractivity contribution in [3.63, 3.8) is 0 Å². The third-order valence-electron chi connectivity index (χ3n) is 2.00. The number of carbonyl (C=O) groups is 1. The molecule has 0 saturated heterocycles. The van der Waals surface area contributed by atoms with Crippen molar-refractivity contribution in [3.8, 4) is 0 Å². The summed E-state index contributed by atoms with van der Waals surface area (Å²) in [5.74, 6) is 2.02. The van der Waals surface area contributed by atoms with Gasteiger partial charge in [-0.15, -0.1) is 0 Å². The lowest BCUT2D eigenvalue weighted by Gasteiger charge is -2.03. The van der Waals surface area contributed by atoms with Gasteiger partial charge in [0.05, 0.1) is 0 Å². The van der Waals surface area contributed by atoms with Crippen molar-refractivity contribution in [1.82, 2.24) is 15.3 Å². The lowest BCUT2D eigenvalue weighted by molar-refractivity contribution is -0.120. The number of hydrogen-bond acceptors (Lipinski definition) is 3. The van der Waals surface area contributed by atoms with E-state index in [0.29, 0.717) is 6.42 Å². The summed E-state index contributed by atoms with van der Waals surface area (Å²) < 4.78 is 0. The van der Waals surface area contributed by atoms with E-state index in [2.05, 4.69) is 15.3 Å². The maximum Gasteiger partial charge on any atom is 0.220 e. The summed E-state index contributed by atoms with van der Waals surface area (Å²) in [6, 6.07) is 0. The van der Waals surface area contributed by atoms with E-state index in [1.807, 2.05) is 12.5 Å².